The van der Waals surface area contributed by atoms with Crippen molar-refractivity contribution in [2.45, 2.75) is 18.9 Å². The van der Waals surface area contributed by atoms with Crippen LogP contribution in [0.25, 0.3) is 0 Å². The maximum atomic E-state index is 12.5. The molecule has 2 nitrogen and oxygen atoms in total. The second-order valence-corrected chi connectivity index (χ2v) is 3.67. The Morgan fingerprint density at radius 3 is 2.64 bits per heavy atom. The van der Waals surface area contributed by atoms with Crippen molar-refractivity contribution in [3.63, 3.8) is 0 Å². The molecule has 1 aromatic rings. The van der Waals surface area contributed by atoms with Crippen molar-refractivity contribution in [2.24, 2.45) is 0 Å². The summed E-state index contributed by atoms with van der Waals surface area (Å²) >= 11 is 8.61. The third-order valence-electron chi connectivity index (χ3n) is 1.66. The molecule has 6 heteroatoms. The van der Waals surface area contributed by atoms with Gasteiger partial charge in [0.2, 0.25) is 0 Å². The van der Waals surface area contributed by atoms with E-state index < -0.39 is 6.43 Å². The number of aliphatic hydroxyl groups is 1. The predicted molar refractivity (Wildman–Crippen MR) is 52.4 cm³/mol. The normalized spacial score (nSPS) is 11.0. The van der Waals surface area contributed by atoms with Crippen LogP contribution in [0, 0.1) is 0 Å². The summed E-state index contributed by atoms with van der Waals surface area (Å²) in [6, 6.07) is 1.48. The molecule has 78 valence electrons. The molecular weight excluding hydrogens is 279 g/mol. The molecule has 0 saturated carbocycles. The van der Waals surface area contributed by atoms with Crippen LogP contribution in [-0.2, 0) is 12.5 Å². The Balaban J connectivity index is 3.28. The molecule has 1 rings (SSSR count). The Labute approximate surface area is 93.0 Å². The number of pyridine rings is 1. The van der Waals surface area contributed by atoms with Gasteiger partial charge in [0, 0.05) is 10.0 Å². The number of aromatic nitrogens is 1. The van der Waals surface area contributed by atoms with Crippen LogP contribution in [0.2, 0.25) is 0 Å². The number of aliphatic hydroxyl groups excluding tert-OH is 1. The highest BCUT2D eigenvalue weighted by Crippen LogP contribution is 2.29. The van der Waals surface area contributed by atoms with E-state index in [-0.39, 0.29) is 29.4 Å². The van der Waals surface area contributed by atoms with Crippen LogP contribution in [0.3, 0.4) is 0 Å². The van der Waals surface area contributed by atoms with Crippen molar-refractivity contribution in [3.05, 3.63) is 27.5 Å². The van der Waals surface area contributed by atoms with Crippen LogP contribution in [0.15, 0.2) is 10.5 Å². The second kappa shape index (κ2) is 5.00. The van der Waals surface area contributed by atoms with Gasteiger partial charge in [-0.05, 0) is 6.07 Å². The third kappa shape index (κ3) is 2.40. The molecule has 0 spiro atoms. The van der Waals surface area contributed by atoms with Gasteiger partial charge in [0.1, 0.15) is 5.69 Å². The molecule has 0 aromatic carbocycles. The van der Waals surface area contributed by atoms with E-state index in [2.05, 4.69) is 20.9 Å². The zero-order valence-electron chi connectivity index (χ0n) is 6.98. The van der Waals surface area contributed by atoms with Crippen molar-refractivity contribution in [1.82, 2.24) is 4.98 Å². The number of alkyl halides is 3. The molecule has 0 aliphatic heterocycles. The van der Waals surface area contributed by atoms with Gasteiger partial charge >= 0.3 is 0 Å². The van der Waals surface area contributed by atoms with Gasteiger partial charge in [0.05, 0.1) is 18.2 Å². The fourth-order valence-electron chi connectivity index (χ4n) is 1.00. The van der Waals surface area contributed by atoms with E-state index >= 15 is 0 Å². The molecule has 0 bridgehead atoms. The van der Waals surface area contributed by atoms with Crippen molar-refractivity contribution in [2.75, 3.05) is 0 Å². The lowest BCUT2D eigenvalue weighted by molar-refractivity contribution is 0.144. The largest absolute Gasteiger partial charge is 0.390 e. The zero-order chi connectivity index (χ0) is 10.7. The lowest BCUT2D eigenvalue weighted by Gasteiger charge is -2.09. The van der Waals surface area contributed by atoms with Gasteiger partial charge < -0.3 is 5.11 Å². The topological polar surface area (TPSA) is 33.1 Å². The SMILES string of the molecule is OCc1cc(Br)c(CCl)c(C(F)F)n1. The number of hydrogen-bond donors (Lipinski definition) is 1. The number of halogens is 4. The summed E-state index contributed by atoms with van der Waals surface area (Å²) in [6.45, 7) is -0.374. The van der Waals surface area contributed by atoms with Crippen LogP contribution in [-0.4, -0.2) is 10.1 Å². The molecule has 14 heavy (non-hydrogen) atoms. The van der Waals surface area contributed by atoms with E-state index in [9.17, 15) is 8.78 Å². The van der Waals surface area contributed by atoms with Crippen LogP contribution < -0.4 is 0 Å². The molecule has 0 saturated heterocycles. The molecular formula is C8H7BrClF2NO. The first-order valence-corrected chi connectivity index (χ1v) is 5.06. The van der Waals surface area contributed by atoms with Crippen LogP contribution in [0.5, 0.6) is 0 Å². The minimum Gasteiger partial charge on any atom is -0.390 e. The maximum absolute atomic E-state index is 12.5. The van der Waals surface area contributed by atoms with E-state index in [0.29, 0.717) is 4.47 Å². The third-order valence-corrected chi connectivity index (χ3v) is 2.63. The highest BCUT2D eigenvalue weighted by molar-refractivity contribution is 9.10. The Morgan fingerprint density at radius 1 is 1.57 bits per heavy atom. The average Bonchev–Trinajstić information content (AvgIpc) is 2.16. The van der Waals surface area contributed by atoms with E-state index in [0.717, 1.165) is 0 Å². The standard InChI is InChI=1S/C8H7BrClF2NO/c9-6-1-4(3-14)13-7(8(11)12)5(6)2-10/h1,8,14H,2-3H2. The van der Waals surface area contributed by atoms with Gasteiger partial charge in [-0.25, -0.2) is 13.8 Å². The summed E-state index contributed by atoms with van der Waals surface area (Å²) in [5, 5.41) is 8.77. The Morgan fingerprint density at radius 2 is 2.21 bits per heavy atom. The van der Waals surface area contributed by atoms with E-state index in [1.165, 1.54) is 6.07 Å². The van der Waals surface area contributed by atoms with Gasteiger partial charge in [-0.2, -0.15) is 0 Å². The van der Waals surface area contributed by atoms with Crippen molar-refractivity contribution < 1.29 is 13.9 Å². The number of rotatable bonds is 3. The van der Waals surface area contributed by atoms with E-state index in [1.54, 1.807) is 0 Å². The zero-order valence-corrected chi connectivity index (χ0v) is 9.32. The molecule has 0 fully saturated rings. The number of hydrogen-bond acceptors (Lipinski definition) is 2. The summed E-state index contributed by atoms with van der Waals surface area (Å²) in [5.74, 6) is -0.0427. The smallest absolute Gasteiger partial charge is 0.280 e. The van der Waals surface area contributed by atoms with Crippen LogP contribution in [0.4, 0.5) is 8.78 Å². The molecule has 1 N–H and O–H groups in total. The van der Waals surface area contributed by atoms with Gasteiger partial charge in [-0.3, -0.25) is 0 Å². The molecule has 0 radical (unpaired) electrons. The van der Waals surface area contributed by atoms with E-state index in [1.807, 2.05) is 0 Å². The lowest BCUT2D eigenvalue weighted by atomic mass is 10.2. The summed E-state index contributed by atoms with van der Waals surface area (Å²) in [6.07, 6.45) is -2.69. The highest BCUT2D eigenvalue weighted by atomic mass is 79.9. The molecule has 0 aliphatic carbocycles. The Hall–Kier alpha value is -0.260. The quantitative estimate of drug-likeness (QED) is 0.867. The minimum atomic E-state index is -2.69. The number of nitrogens with zero attached hydrogens (tertiary/aromatic N) is 1. The van der Waals surface area contributed by atoms with Gasteiger partial charge in [0.15, 0.2) is 0 Å². The summed E-state index contributed by atoms with van der Waals surface area (Å²) in [4.78, 5) is 3.61. The monoisotopic (exact) mass is 285 g/mol. The molecule has 0 atom stereocenters. The average molecular weight is 287 g/mol. The lowest BCUT2D eigenvalue weighted by Crippen LogP contribution is -2.02. The van der Waals surface area contributed by atoms with E-state index in [4.69, 9.17) is 16.7 Å². The maximum Gasteiger partial charge on any atom is 0.280 e. The molecule has 0 unspecified atom stereocenters. The fraction of sp³-hybridized carbons (Fsp3) is 0.375. The molecule has 0 aliphatic rings. The van der Waals surface area contributed by atoms with Crippen LogP contribution in [0.1, 0.15) is 23.4 Å². The molecule has 1 heterocycles. The fourth-order valence-corrected chi connectivity index (χ4v) is 2.05. The first-order valence-electron chi connectivity index (χ1n) is 3.73. The summed E-state index contributed by atoms with van der Waals surface area (Å²) in [5.41, 5.74) is 0.0818. The predicted octanol–water partition coefficient (Wildman–Crippen LogP) is 3.01. The Bertz CT molecular complexity index is 335. The first kappa shape index (κ1) is 11.8. The molecule has 0 amide bonds. The second-order valence-electron chi connectivity index (χ2n) is 2.55. The van der Waals surface area contributed by atoms with Crippen LogP contribution >= 0.6 is 27.5 Å². The van der Waals surface area contributed by atoms with Gasteiger partial charge in [-0.15, -0.1) is 11.6 Å². The van der Waals surface area contributed by atoms with Crippen molar-refractivity contribution >= 4 is 27.5 Å². The summed E-state index contributed by atoms with van der Waals surface area (Å²) < 4.78 is 25.4. The minimum absolute atomic E-state index is 0.0427. The summed E-state index contributed by atoms with van der Waals surface area (Å²) in [7, 11) is 0. The van der Waals surface area contributed by atoms with Gasteiger partial charge in [0.25, 0.3) is 6.43 Å². The highest BCUT2D eigenvalue weighted by Gasteiger charge is 2.17. The first-order chi connectivity index (χ1) is 6.60. The van der Waals surface area contributed by atoms with Crippen molar-refractivity contribution in [3.8, 4) is 0 Å². The van der Waals surface area contributed by atoms with Crippen molar-refractivity contribution in [1.29, 1.82) is 0 Å². The molecule has 1 aromatic heterocycles. The van der Waals surface area contributed by atoms with Gasteiger partial charge in [-0.1, -0.05) is 15.9 Å². The Kier molecular flexibility index (Phi) is 4.22.